The molecule has 2 heterocycles. The van der Waals surface area contributed by atoms with Crippen molar-refractivity contribution in [3.63, 3.8) is 0 Å². The van der Waals surface area contributed by atoms with Crippen LogP contribution in [-0.2, 0) is 16.1 Å². The molecule has 1 aromatic carbocycles. The van der Waals surface area contributed by atoms with E-state index in [-0.39, 0.29) is 17.6 Å². The van der Waals surface area contributed by atoms with Crippen molar-refractivity contribution >= 4 is 35.0 Å². The Morgan fingerprint density at radius 3 is 2.14 bits per heavy atom. The Balaban J connectivity index is 1.58. The first-order chi connectivity index (χ1) is 14.1. The Morgan fingerprint density at radius 1 is 0.931 bits per heavy atom. The highest BCUT2D eigenvalue weighted by molar-refractivity contribution is 7.99. The van der Waals surface area contributed by atoms with Crippen LogP contribution in [0, 0.1) is 0 Å². The van der Waals surface area contributed by atoms with Gasteiger partial charge in [-0.1, -0.05) is 18.7 Å². The van der Waals surface area contributed by atoms with Gasteiger partial charge < -0.3 is 15.2 Å². The maximum atomic E-state index is 12.3. The van der Waals surface area contributed by atoms with Crippen molar-refractivity contribution in [2.24, 2.45) is 0 Å². The van der Waals surface area contributed by atoms with E-state index < -0.39 is 0 Å². The van der Waals surface area contributed by atoms with E-state index in [1.165, 1.54) is 11.8 Å². The summed E-state index contributed by atoms with van der Waals surface area (Å²) in [5, 5.41) is 14.8. The topological polar surface area (TPSA) is 102 Å². The summed E-state index contributed by atoms with van der Waals surface area (Å²) in [6, 6.07) is 10.8. The van der Waals surface area contributed by atoms with Gasteiger partial charge in [0.05, 0.1) is 5.75 Å². The zero-order chi connectivity index (χ0) is 20.6. The molecule has 2 N–H and O–H groups in total. The number of nitrogens with zero attached hydrogens (tertiary/aromatic N) is 4. The molecule has 2 aromatic heterocycles. The maximum absolute atomic E-state index is 12.3. The first kappa shape index (κ1) is 20.5. The van der Waals surface area contributed by atoms with Crippen molar-refractivity contribution in [2.75, 3.05) is 16.4 Å². The van der Waals surface area contributed by atoms with Crippen LogP contribution in [0.15, 0.2) is 53.9 Å². The number of amides is 2. The molecule has 0 atom stereocenters. The first-order valence-corrected chi connectivity index (χ1v) is 10.3. The normalized spacial score (nSPS) is 10.6. The summed E-state index contributed by atoms with van der Waals surface area (Å²) in [4.78, 5) is 27.7. The third-order valence-corrected chi connectivity index (χ3v) is 5.04. The lowest BCUT2D eigenvalue weighted by Crippen LogP contribution is -2.15. The van der Waals surface area contributed by atoms with E-state index in [2.05, 4.69) is 25.8 Å². The van der Waals surface area contributed by atoms with Gasteiger partial charge in [-0.05, 0) is 43.3 Å². The third-order valence-electron chi connectivity index (χ3n) is 4.08. The Bertz CT molecular complexity index is 972. The number of rotatable bonds is 8. The van der Waals surface area contributed by atoms with E-state index in [4.69, 9.17) is 0 Å². The first-order valence-electron chi connectivity index (χ1n) is 9.26. The molecule has 0 aliphatic carbocycles. The lowest BCUT2D eigenvalue weighted by molar-refractivity contribution is -0.116. The minimum absolute atomic E-state index is 0.0515. The lowest BCUT2D eigenvalue weighted by atomic mass is 10.2. The van der Waals surface area contributed by atoms with Crippen LogP contribution in [0.25, 0.3) is 11.4 Å². The predicted octanol–water partition coefficient (Wildman–Crippen LogP) is 3.44. The van der Waals surface area contributed by atoms with Crippen molar-refractivity contribution in [1.29, 1.82) is 0 Å². The molecular formula is C20H22N6O2S. The molecule has 9 heteroatoms. The number of pyridine rings is 1. The second-order valence-electron chi connectivity index (χ2n) is 6.10. The molecule has 2 amide bonds. The molecule has 150 valence electrons. The fourth-order valence-corrected chi connectivity index (χ4v) is 3.41. The summed E-state index contributed by atoms with van der Waals surface area (Å²) >= 11 is 1.33. The quantitative estimate of drug-likeness (QED) is 0.552. The zero-order valence-electron chi connectivity index (χ0n) is 16.3. The van der Waals surface area contributed by atoms with Crippen LogP contribution in [-0.4, -0.2) is 37.3 Å². The van der Waals surface area contributed by atoms with Gasteiger partial charge in [-0.25, -0.2) is 0 Å². The number of thioether (sulfide) groups is 1. The highest BCUT2D eigenvalue weighted by Gasteiger charge is 2.14. The number of anilines is 2. The summed E-state index contributed by atoms with van der Waals surface area (Å²) in [5.41, 5.74) is 2.30. The van der Waals surface area contributed by atoms with E-state index in [1.54, 1.807) is 43.6 Å². The Hall–Kier alpha value is -3.20. The van der Waals surface area contributed by atoms with Gasteiger partial charge in [-0.3, -0.25) is 14.6 Å². The molecule has 0 saturated heterocycles. The largest absolute Gasteiger partial charge is 0.326 e. The fourth-order valence-electron chi connectivity index (χ4n) is 2.61. The molecule has 0 unspecified atom stereocenters. The van der Waals surface area contributed by atoms with E-state index in [1.807, 2.05) is 23.6 Å². The van der Waals surface area contributed by atoms with Crippen molar-refractivity contribution in [1.82, 2.24) is 19.7 Å². The van der Waals surface area contributed by atoms with Gasteiger partial charge in [-0.15, -0.1) is 10.2 Å². The summed E-state index contributed by atoms with van der Waals surface area (Å²) in [5.74, 6) is 0.770. The molecule has 3 aromatic rings. The van der Waals surface area contributed by atoms with Gasteiger partial charge >= 0.3 is 0 Å². The van der Waals surface area contributed by atoms with Crippen LogP contribution in [0.3, 0.4) is 0 Å². The molecule has 0 saturated carbocycles. The van der Waals surface area contributed by atoms with Gasteiger partial charge in [0, 0.05) is 42.3 Å². The smallest absolute Gasteiger partial charge is 0.234 e. The molecule has 3 rings (SSSR count). The predicted molar refractivity (Wildman–Crippen MR) is 114 cm³/mol. The molecule has 0 spiro atoms. The third kappa shape index (κ3) is 5.41. The average molecular weight is 411 g/mol. The SMILES string of the molecule is CCC(=O)Nc1ccc(NC(=O)CSc2nnc(-c3ccncc3)n2CC)cc1. The van der Waals surface area contributed by atoms with Crippen molar-refractivity contribution in [3.8, 4) is 11.4 Å². The van der Waals surface area contributed by atoms with E-state index in [9.17, 15) is 9.59 Å². The Labute approximate surface area is 173 Å². The summed E-state index contributed by atoms with van der Waals surface area (Å²) in [6.45, 7) is 4.50. The number of benzene rings is 1. The molecule has 29 heavy (non-hydrogen) atoms. The number of nitrogens with one attached hydrogen (secondary N) is 2. The minimum Gasteiger partial charge on any atom is -0.326 e. The van der Waals surface area contributed by atoms with Gasteiger partial charge in [0.2, 0.25) is 11.8 Å². The van der Waals surface area contributed by atoms with Gasteiger partial charge in [0.1, 0.15) is 0 Å². The van der Waals surface area contributed by atoms with E-state index in [0.717, 1.165) is 11.4 Å². The molecule has 0 aliphatic heterocycles. The summed E-state index contributed by atoms with van der Waals surface area (Å²) in [6.07, 6.45) is 3.84. The maximum Gasteiger partial charge on any atom is 0.234 e. The van der Waals surface area contributed by atoms with E-state index in [0.29, 0.717) is 29.5 Å². The fraction of sp³-hybridized carbons (Fsp3) is 0.250. The number of carbonyl (C=O) groups is 2. The Kier molecular flexibility index (Phi) is 6.96. The second-order valence-corrected chi connectivity index (χ2v) is 7.04. The van der Waals surface area contributed by atoms with Crippen molar-refractivity contribution in [3.05, 3.63) is 48.8 Å². The van der Waals surface area contributed by atoms with Crippen molar-refractivity contribution in [2.45, 2.75) is 32.0 Å². The monoisotopic (exact) mass is 410 g/mol. The average Bonchev–Trinajstić information content (AvgIpc) is 3.17. The molecule has 0 aliphatic rings. The summed E-state index contributed by atoms with van der Waals surface area (Å²) < 4.78 is 1.97. The summed E-state index contributed by atoms with van der Waals surface area (Å²) in [7, 11) is 0. The standard InChI is InChI=1S/C20H22N6O2S/c1-3-17(27)22-15-5-7-16(8-6-15)23-18(28)13-29-20-25-24-19(26(20)4-2)14-9-11-21-12-10-14/h5-12H,3-4,13H2,1-2H3,(H,22,27)(H,23,28). The zero-order valence-corrected chi connectivity index (χ0v) is 17.1. The highest BCUT2D eigenvalue weighted by Crippen LogP contribution is 2.23. The molecule has 0 bridgehead atoms. The van der Waals surface area contributed by atoms with Crippen LogP contribution in [0.2, 0.25) is 0 Å². The van der Waals surface area contributed by atoms with Gasteiger partial charge in [0.15, 0.2) is 11.0 Å². The highest BCUT2D eigenvalue weighted by atomic mass is 32.2. The van der Waals surface area contributed by atoms with Crippen molar-refractivity contribution < 1.29 is 9.59 Å². The molecule has 0 radical (unpaired) electrons. The number of aromatic nitrogens is 4. The van der Waals surface area contributed by atoms with Crippen LogP contribution in [0.1, 0.15) is 20.3 Å². The molecular weight excluding hydrogens is 388 g/mol. The van der Waals surface area contributed by atoms with Crippen LogP contribution >= 0.6 is 11.8 Å². The molecule has 8 nitrogen and oxygen atoms in total. The number of hydrogen-bond donors (Lipinski definition) is 2. The van der Waals surface area contributed by atoms with Gasteiger partial charge in [0.25, 0.3) is 0 Å². The number of hydrogen-bond acceptors (Lipinski definition) is 6. The van der Waals surface area contributed by atoms with E-state index >= 15 is 0 Å². The Morgan fingerprint density at radius 2 is 1.55 bits per heavy atom. The molecule has 0 fully saturated rings. The van der Waals surface area contributed by atoms with Crippen LogP contribution < -0.4 is 10.6 Å². The minimum atomic E-state index is -0.142. The lowest BCUT2D eigenvalue weighted by Gasteiger charge is -2.08. The van der Waals surface area contributed by atoms with Crippen LogP contribution in [0.4, 0.5) is 11.4 Å². The second kappa shape index (κ2) is 9.83. The van der Waals surface area contributed by atoms with Crippen LogP contribution in [0.5, 0.6) is 0 Å². The number of carbonyl (C=O) groups excluding carboxylic acids is 2. The van der Waals surface area contributed by atoms with Gasteiger partial charge in [-0.2, -0.15) is 0 Å².